The third kappa shape index (κ3) is 5.16. The molecule has 0 aliphatic heterocycles. The predicted octanol–water partition coefficient (Wildman–Crippen LogP) is 0.990. The molecule has 1 atom stereocenters. The summed E-state index contributed by atoms with van der Waals surface area (Å²) in [7, 11) is 2.97. The van der Waals surface area contributed by atoms with Gasteiger partial charge in [-0.25, -0.2) is 4.79 Å². The Labute approximate surface area is 129 Å². The Hall–Kier alpha value is -2.44. The van der Waals surface area contributed by atoms with Crippen molar-refractivity contribution < 1.29 is 24.2 Å². The summed E-state index contributed by atoms with van der Waals surface area (Å²) in [6.07, 6.45) is 0.283. The van der Waals surface area contributed by atoms with Crippen LogP contribution in [0.2, 0.25) is 0 Å². The van der Waals surface area contributed by atoms with Gasteiger partial charge < -0.3 is 30.0 Å². The molecule has 0 aromatic heterocycles. The molecule has 2 amide bonds. The molecule has 2 N–H and O–H groups in total. The second-order valence-corrected chi connectivity index (χ2v) is 5.17. The Bertz CT molecular complexity index is 531. The summed E-state index contributed by atoms with van der Waals surface area (Å²) in [5.74, 6) is -0.240. The van der Waals surface area contributed by atoms with Crippen molar-refractivity contribution in [1.82, 2.24) is 5.32 Å². The van der Waals surface area contributed by atoms with Crippen LogP contribution in [0.15, 0.2) is 18.2 Å². The number of ether oxygens (including phenoxy) is 2. The van der Waals surface area contributed by atoms with Gasteiger partial charge >= 0.3 is 6.03 Å². The Morgan fingerprint density at radius 3 is 2.41 bits per heavy atom. The highest BCUT2D eigenvalue weighted by Gasteiger charge is 2.16. The number of hydrogen-bond acceptors (Lipinski definition) is 5. The van der Waals surface area contributed by atoms with Gasteiger partial charge in [0.2, 0.25) is 0 Å². The smallest absolute Gasteiger partial charge is 0.319 e. The van der Waals surface area contributed by atoms with Crippen LogP contribution in [0, 0.1) is 5.92 Å². The molecule has 0 bridgehead atoms. The molecule has 22 heavy (non-hydrogen) atoms. The molecule has 1 aromatic carbocycles. The number of benzene rings is 1. The molecule has 7 heteroatoms. The van der Waals surface area contributed by atoms with E-state index in [-0.39, 0.29) is 12.3 Å². The molecule has 1 aromatic rings. The quantitative estimate of drug-likeness (QED) is 0.782. The van der Waals surface area contributed by atoms with E-state index in [1.165, 1.54) is 14.2 Å². The summed E-state index contributed by atoms with van der Waals surface area (Å²) < 4.78 is 10.2. The van der Waals surface area contributed by atoms with Crippen molar-refractivity contribution >= 4 is 17.7 Å². The van der Waals surface area contributed by atoms with Crippen molar-refractivity contribution in [2.45, 2.75) is 26.3 Å². The maximum Gasteiger partial charge on any atom is 0.319 e. The minimum absolute atomic E-state index is 0.106. The SMILES string of the molecule is COc1ccc(OC)c(NC(=O)N[C@@H](CC(C)C)C(=O)[O-])c1. The summed E-state index contributed by atoms with van der Waals surface area (Å²) >= 11 is 0. The molecule has 0 saturated heterocycles. The van der Waals surface area contributed by atoms with E-state index in [0.717, 1.165) is 0 Å². The monoisotopic (exact) mass is 309 g/mol. The number of aliphatic carboxylic acids is 1. The van der Waals surface area contributed by atoms with E-state index in [2.05, 4.69) is 10.6 Å². The molecule has 0 unspecified atom stereocenters. The van der Waals surface area contributed by atoms with E-state index in [1.807, 2.05) is 13.8 Å². The van der Waals surface area contributed by atoms with Crippen LogP contribution in [-0.4, -0.2) is 32.3 Å². The summed E-state index contributed by atoms with van der Waals surface area (Å²) in [6, 6.07) is 3.19. The zero-order valence-electron chi connectivity index (χ0n) is 13.1. The maximum absolute atomic E-state index is 12.0. The fraction of sp³-hybridized carbons (Fsp3) is 0.467. The molecule has 7 nitrogen and oxygen atoms in total. The maximum atomic E-state index is 12.0. The summed E-state index contributed by atoms with van der Waals surface area (Å²) in [4.78, 5) is 23.0. The van der Waals surface area contributed by atoms with Crippen LogP contribution < -0.4 is 25.2 Å². The van der Waals surface area contributed by atoms with Gasteiger partial charge in [-0.2, -0.15) is 0 Å². The van der Waals surface area contributed by atoms with Gasteiger partial charge in [0.15, 0.2) is 0 Å². The zero-order valence-corrected chi connectivity index (χ0v) is 13.1. The fourth-order valence-corrected chi connectivity index (χ4v) is 1.91. The molecule has 0 saturated carbocycles. The van der Waals surface area contributed by atoms with E-state index in [9.17, 15) is 14.7 Å². The fourth-order valence-electron chi connectivity index (χ4n) is 1.91. The Balaban J connectivity index is 2.81. The second-order valence-electron chi connectivity index (χ2n) is 5.17. The van der Waals surface area contributed by atoms with Crippen LogP contribution in [0.25, 0.3) is 0 Å². The molecule has 122 valence electrons. The Morgan fingerprint density at radius 2 is 1.91 bits per heavy atom. The van der Waals surface area contributed by atoms with Gasteiger partial charge in [0.05, 0.1) is 31.9 Å². The van der Waals surface area contributed by atoms with Gasteiger partial charge in [0, 0.05) is 6.07 Å². The Kier molecular flexibility index (Phi) is 6.49. The number of nitrogens with one attached hydrogen (secondary N) is 2. The van der Waals surface area contributed by atoms with Gasteiger partial charge in [-0.15, -0.1) is 0 Å². The van der Waals surface area contributed by atoms with Crippen LogP contribution in [0.5, 0.6) is 11.5 Å². The highest BCUT2D eigenvalue weighted by Crippen LogP contribution is 2.28. The molecule has 0 heterocycles. The van der Waals surface area contributed by atoms with Crippen molar-refractivity contribution in [3.8, 4) is 11.5 Å². The first-order valence-electron chi connectivity index (χ1n) is 6.87. The number of carbonyl (C=O) groups excluding carboxylic acids is 2. The topological polar surface area (TPSA) is 99.7 Å². The van der Waals surface area contributed by atoms with E-state index < -0.39 is 18.0 Å². The van der Waals surface area contributed by atoms with Gasteiger partial charge in [-0.3, -0.25) is 0 Å². The summed E-state index contributed by atoms with van der Waals surface area (Å²) in [5, 5.41) is 16.0. The van der Waals surface area contributed by atoms with Crippen LogP contribution in [0.4, 0.5) is 10.5 Å². The summed E-state index contributed by atoms with van der Waals surface area (Å²) in [6.45, 7) is 3.72. The van der Waals surface area contributed by atoms with Crippen molar-refractivity contribution in [1.29, 1.82) is 0 Å². The zero-order chi connectivity index (χ0) is 16.7. The second kappa shape index (κ2) is 8.11. The third-order valence-electron chi connectivity index (χ3n) is 2.95. The normalized spacial score (nSPS) is 11.7. The third-order valence-corrected chi connectivity index (χ3v) is 2.95. The Morgan fingerprint density at radius 1 is 1.23 bits per heavy atom. The van der Waals surface area contributed by atoms with Crippen LogP contribution >= 0.6 is 0 Å². The number of anilines is 1. The highest BCUT2D eigenvalue weighted by atomic mass is 16.5. The number of methoxy groups -OCH3 is 2. The highest BCUT2D eigenvalue weighted by molar-refractivity contribution is 5.93. The number of carboxylic acids is 1. The van der Waals surface area contributed by atoms with Crippen LogP contribution in [0.3, 0.4) is 0 Å². The minimum Gasteiger partial charge on any atom is -0.548 e. The lowest BCUT2D eigenvalue weighted by molar-refractivity contribution is -0.308. The van der Waals surface area contributed by atoms with E-state index in [1.54, 1.807) is 18.2 Å². The molecule has 0 fully saturated rings. The van der Waals surface area contributed by atoms with Crippen LogP contribution in [0.1, 0.15) is 20.3 Å². The average molecular weight is 309 g/mol. The molecular formula is C15H21N2O5-. The molecule has 0 radical (unpaired) electrons. The van der Waals surface area contributed by atoms with Crippen molar-refractivity contribution in [3.05, 3.63) is 18.2 Å². The van der Waals surface area contributed by atoms with Crippen molar-refractivity contribution in [3.63, 3.8) is 0 Å². The van der Waals surface area contributed by atoms with Gasteiger partial charge in [0.1, 0.15) is 11.5 Å². The molecule has 0 aliphatic carbocycles. The first-order valence-corrected chi connectivity index (χ1v) is 6.87. The van der Waals surface area contributed by atoms with Gasteiger partial charge in [-0.05, 0) is 24.5 Å². The number of carbonyl (C=O) groups is 2. The molecule has 0 aliphatic rings. The first kappa shape index (κ1) is 17.6. The molecular weight excluding hydrogens is 288 g/mol. The molecule has 0 spiro atoms. The number of hydrogen-bond donors (Lipinski definition) is 2. The number of carboxylic acid groups (broad SMARTS) is 1. The van der Waals surface area contributed by atoms with E-state index in [4.69, 9.17) is 9.47 Å². The van der Waals surface area contributed by atoms with E-state index >= 15 is 0 Å². The van der Waals surface area contributed by atoms with Crippen LogP contribution in [-0.2, 0) is 4.79 Å². The summed E-state index contributed by atoms with van der Waals surface area (Å²) in [5.41, 5.74) is 0.376. The van der Waals surface area contributed by atoms with Gasteiger partial charge in [0.25, 0.3) is 0 Å². The lowest BCUT2D eigenvalue weighted by Crippen LogP contribution is -2.49. The molecule has 1 rings (SSSR count). The lowest BCUT2D eigenvalue weighted by atomic mass is 10.0. The largest absolute Gasteiger partial charge is 0.548 e. The number of rotatable bonds is 7. The number of amides is 2. The minimum atomic E-state index is -1.32. The van der Waals surface area contributed by atoms with E-state index in [0.29, 0.717) is 17.2 Å². The van der Waals surface area contributed by atoms with Crippen molar-refractivity contribution in [2.75, 3.05) is 19.5 Å². The lowest BCUT2D eigenvalue weighted by Gasteiger charge is -2.22. The average Bonchev–Trinajstić information content (AvgIpc) is 2.45. The van der Waals surface area contributed by atoms with Gasteiger partial charge in [-0.1, -0.05) is 13.8 Å². The standard InChI is InChI=1S/C15H22N2O5/c1-9(2)7-12(14(18)19)17-15(20)16-11-8-10(21-3)5-6-13(11)22-4/h5-6,8-9,12H,7H2,1-4H3,(H,18,19)(H2,16,17,20)/p-1/t12-/m0/s1. The predicted molar refractivity (Wildman–Crippen MR) is 80.0 cm³/mol. The number of urea groups is 1. The van der Waals surface area contributed by atoms with Crippen molar-refractivity contribution in [2.24, 2.45) is 5.92 Å². The first-order chi connectivity index (χ1) is 10.4.